The fourth-order valence-corrected chi connectivity index (χ4v) is 3.56. The molecule has 0 aliphatic carbocycles. The number of nitrogens with zero attached hydrogens (tertiary/aromatic N) is 4. The number of benzene rings is 1. The van der Waals surface area contributed by atoms with E-state index in [0.29, 0.717) is 35.1 Å². The van der Waals surface area contributed by atoms with E-state index < -0.39 is 0 Å². The molecule has 0 bridgehead atoms. The molecule has 1 aromatic carbocycles. The summed E-state index contributed by atoms with van der Waals surface area (Å²) in [6, 6.07) is 3.65. The molecule has 4 rings (SSSR count). The van der Waals surface area contributed by atoms with Gasteiger partial charge in [0.1, 0.15) is 29.8 Å². The van der Waals surface area contributed by atoms with Crippen molar-refractivity contribution in [2.45, 2.75) is 32.0 Å². The van der Waals surface area contributed by atoms with Gasteiger partial charge in [-0.05, 0) is 19.3 Å². The number of fused-ring (bicyclic) bond motifs is 1. The van der Waals surface area contributed by atoms with Gasteiger partial charge in [-0.2, -0.15) is 0 Å². The van der Waals surface area contributed by atoms with E-state index in [4.69, 9.17) is 18.9 Å². The topological polar surface area (TPSA) is 92.6 Å². The molecule has 1 unspecified atom stereocenters. The molecule has 3 aromatic rings. The summed E-state index contributed by atoms with van der Waals surface area (Å²) in [5.74, 6) is 2.64. The van der Waals surface area contributed by atoms with E-state index in [2.05, 4.69) is 20.3 Å². The van der Waals surface area contributed by atoms with Crippen LogP contribution in [0.2, 0.25) is 0 Å². The molecule has 0 saturated carbocycles. The molecule has 3 heterocycles. The van der Waals surface area contributed by atoms with Gasteiger partial charge in [-0.25, -0.2) is 15.0 Å². The summed E-state index contributed by atoms with van der Waals surface area (Å²) in [5.41, 5.74) is 2.31. The minimum Gasteiger partial charge on any atom is -0.496 e. The van der Waals surface area contributed by atoms with Crippen molar-refractivity contribution in [3.8, 4) is 17.2 Å². The molecule has 154 valence electrons. The fraction of sp³-hybridized carbons (Fsp3) is 0.450. The Labute approximate surface area is 169 Å². The van der Waals surface area contributed by atoms with Crippen LogP contribution in [0.15, 0.2) is 24.8 Å². The van der Waals surface area contributed by atoms with Crippen LogP contribution in [-0.4, -0.2) is 47.5 Å². The largest absolute Gasteiger partial charge is 0.496 e. The zero-order chi connectivity index (χ0) is 20.2. The molecule has 1 saturated heterocycles. The highest BCUT2D eigenvalue weighted by molar-refractivity contribution is 5.82. The summed E-state index contributed by atoms with van der Waals surface area (Å²) in [5, 5.41) is 3.34. The Morgan fingerprint density at radius 3 is 2.52 bits per heavy atom. The van der Waals surface area contributed by atoms with Crippen LogP contribution in [0.3, 0.4) is 0 Å². The van der Waals surface area contributed by atoms with Crippen LogP contribution in [0.4, 0.5) is 5.82 Å². The molecule has 1 N–H and O–H groups in total. The molecule has 2 aromatic heterocycles. The molecular weight excluding hydrogens is 374 g/mol. The Balaban J connectivity index is 1.62. The SMILES string of the molecule is COc1cc(OC)c(CNc2ncnc3c2ncn3C2CCCCO2)c(OC)c1. The first-order valence-corrected chi connectivity index (χ1v) is 9.57. The van der Waals surface area contributed by atoms with Crippen molar-refractivity contribution >= 4 is 17.0 Å². The molecule has 1 aliphatic heterocycles. The summed E-state index contributed by atoms with van der Waals surface area (Å²) < 4.78 is 24.2. The lowest BCUT2D eigenvalue weighted by Crippen LogP contribution is -2.17. The summed E-state index contributed by atoms with van der Waals surface area (Å²) in [7, 11) is 4.84. The van der Waals surface area contributed by atoms with Gasteiger partial charge in [0.05, 0.1) is 33.2 Å². The maximum absolute atomic E-state index is 5.88. The summed E-state index contributed by atoms with van der Waals surface area (Å²) in [6.45, 7) is 1.20. The summed E-state index contributed by atoms with van der Waals surface area (Å²) >= 11 is 0. The number of hydrogen-bond donors (Lipinski definition) is 1. The van der Waals surface area contributed by atoms with Crippen LogP contribution in [0, 0.1) is 0 Å². The van der Waals surface area contributed by atoms with Crippen LogP contribution in [0.1, 0.15) is 31.1 Å². The van der Waals surface area contributed by atoms with Gasteiger partial charge in [0.25, 0.3) is 0 Å². The number of methoxy groups -OCH3 is 3. The van der Waals surface area contributed by atoms with Crippen LogP contribution in [0.25, 0.3) is 11.2 Å². The third-order valence-corrected chi connectivity index (χ3v) is 5.07. The number of ether oxygens (including phenoxy) is 4. The molecule has 9 nitrogen and oxygen atoms in total. The van der Waals surface area contributed by atoms with Gasteiger partial charge in [0.2, 0.25) is 0 Å². The van der Waals surface area contributed by atoms with E-state index in [1.54, 1.807) is 27.7 Å². The zero-order valence-corrected chi connectivity index (χ0v) is 16.8. The van der Waals surface area contributed by atoms with Gasteiger partial charge < -0.3 is 24.3 Å². The molecule has 0 radical (unpaired) electrons. The van der Waals surface area contributed by atoms with E-state index in [1.807, 2.05) is 16.7 Å². The Hall–Kier alpha value is -3.07. The highest BCUT2D eigenvalue weighted by Gasteiger charge is 2.20. The zero-order valence-electron chi connectivity index (χ0n) is 16.8. The van der Waals surface area contributed by atoms with E-state index >= 15 is 0 Å². The molecule has 1 atom stereocenters. The van der Waals surface area contributed by atoms with Gasteiger partial charge >= 0.3 is 0 Å². The van der Waals surface area contributed by atoms with Crippen LogP contribution in [-0.2, 0) is 11.3 Å². The lowest BCUT2D eigenvalue weighted by molar-refractivity contribution is -0.0298. The van der Waals surface area contributed by atoms with Crippen molar-refractivity contribution in [2.75, 3.05) is 33.3 Å². The standard InChI is InChI=1S/C20H25N5O4/c1-26-13-8-15(27-2)14(16(9-13)28-3)10-21-19-18-20(23-11-22-19)25(12-24-18)17-6-4-5-7-29-17/h8-9,11-12,17H,4-7,10H2,1-3H3,(H,21,22,23). The number of anilines is 1. The average Bonchev–Trinajstić information content (AvgIpc) is 3.22. The Bertz CT molecular complexity index is 959. The number of imidazole rings is 1. The minimum absolute atomic E-state index is 0.0294. The van der Waals surface area contributed by atoms with Crippen molar-refractivity contribution in [1.82, 2.24) is 19.5 Å². The van der Waals surface area contributed by atoms with Gasteiger partial charge in [0, 0.05) is 25.3 Å². The van der Waals surface area contributed by atoms with E-state index in [0.717, 1.165) is 37.1 Å². The van der Waals surface area contributed by atoms with Crippen molar-refractivity contribution in [3.05, 3.63) is 30.4 Å². The molecule has 1 aliphatic rings. The molecular formula is C20H25N5O4. The fourth-order valence-electron chi connectivity index (χ4n) is 3.56. The Morgan fingerprint density at radius 2 is 1.86 bits per heavy atom. The molecule has 0 amide bonds. The first-order chi connectivity index (χ1) is 14.2. The quantitative estimate of drug-likeness (QED) is 0.648. The predicted octanol–water partition coefficient (Wildman–Crippen LogP) is 3.16. The van der Waals surface area contributed by atoms with Crippen molar-refractivity contribution in [2.24, 2.45) is 0 Å². The third-order valence-electron chi connectivity index (χ3n) is 5.07. The second-order valence-corrected chi connectivity index (χ2v) is 6.73. The second kappa shape index (κ2) is 8.52. The normalized spacial score (nSPS) is 16.6. The van der Waals surface area contributed by atoms with Gasteiger partial charge in [-0.1, -0.05) is 0 Å². The second-order valence-electron chi connectivity index (χ2n) is 6.73. The molecule has 1 fully saturated rings. The van der Waals surface area contributed by atoms with Crippen LogP contribution in [0.5, 0.6) is 17.2 Å². The van der Waals surface area contributed by atoms with E-state index in [-0.39, 0.29) is 6.23 Å². The Morgan fingerprint density at radius 1 is 1.07 bits per heavy atom. The highest BCUT2D eigenvalue weighted by atomic mass is 16.5. The van der Waals surface area contributed by atoms with Crippen LogP contribution >= 0.6 is 0 Å². The monoisotopic (exact) mass is 399 g/mol. The van der Waals surface area contributed by atoms with Crippen LogP contribution < -0.4 is 19.5 Å². The summed E-state index contributed by atoms with van der Waals surface area (Å²) in [6.07, 6.45) is 6.47. The first-order valence-electron chi connectivity index (χ1n) is 9.57. The average molecular weight is 399 g/mol. The first kappa shape index (κ1) is 19.3. The lowest BCUT2D eigenvalue weighted by atomic mass is 10.1. The van der Waals surface area contributed by atoms with Crippen molar-refractivity contribution in [3.63, 3.8) is 0 Å². The Kier molecular flexibility index (Phi) is 5.66. The molecule has 29 heavy (non-hydrogen) atoms. The smallest absolute Gasteiger partial charge is 0.167 e. The van der Waals surface area contributed by atoms with E-state index in [1.165, 1.54) is 6.33 Å². The lowest BCUT2D eigenvalue weighted by Gasteiger charge is -2.23. The predicted molar refractivity (Wildman–Crippen MR) is 108 cm³/mol. The summed E-state index contributed by atoms with van der Waals surface area (Å²) in [4.78, 5) is 13.3. The molecule has 0 spiro atoms. The minimum atomic E-state index is -0.0294. The van der Waals surface area contributed by atoms with Gasteiger partial charge in [0.15, 0.2) is 17.0 Å². The van der Waals surface area contributed by atoms with Gasteiger partial charge in [-0.3, -0.25) is 4.57 Å². The van der Waals surface area contributed by atoms with Crippen molar-refractivity contribution in [1.29, 1.82) is 0 Å². The number of nitrogens with one attached hydrogen (secondary N) is 1. The number of hydrogen-bond acceptors (Lipinski definition) is 8. The number of rotatable bonds is 7. The maximum Gasteiger partial charge on any atom is 0.167 e. The number of aromatic nitrogens is 4. The third kappa shape index (κ3) is 3.77. The van der Waals surface area contributed by atoms with Gasteiger partial charge in [-0.15, -0.1) is 0 Å². The van der Waals surface area contributed by atoms with Crippen molar-refractivity contribution < 1.29 is 18.9 Å². The van der Waals surface area contributed by atoms with E-state index in [9.17, 15) is 0 Å². The highest BCUT2D eigenvalue weighted by Crippen LogP contribution is 2.35. The maximum atomic E-state index is 5.88. The molecule has 9 heteroatoms.